The lowest BCUT2D eigenvalue weighted by Crippen LogP contribution is -1.93. The van der Waals surface area contributed by atoms with E-state index in [9.17, 15) is 8.78 Å². The van der Waals surface area contributed by atoms with Crippen LogP contribution < -0.4 is 0 Å². The number of fused-ring (bicyclic) bond motifs is 1. The van der Waals surface area contributed by atoms with Crippen LogP contribution in [0.1, 0.15) is 5.69 Å². The Kier molecular flexibility index (Phi) is 2.37. The zero-order valence-corrected chi connectivity index (χ0v) is 9.69. The molecule has 3 rings (SSSR count). The first-order valence-corrected chi connectivity index (χ1v) is 5.56. The lowest BCUT2D eigenvalue weighted by atomic mass is 10.1. The SMILES string of the molecule is Cc1nc2ccc(F)cn2c1-c1ccccc1F. The molecule has 0 radical (unpaired) electrons. The minimum absolute atomic E-state index is 0.341. The summed E-state index contributed by atoms with van der Waals surface area (Å²) in [7, 11) is 0. The van der Waals surface area contributed by atoms with E-state index in [1.807, 2.05) is 0 Å². The number of halogens is 2. The van der Waals surface area contributed by atoms with Crippen LogP contribution in [0.3, 0.4) is 0 Å². The summed E-state index contributed by atoms with van der Waals surface area (Å²) in [5, 5.41) is 0. The first-order chi connectivity index (χ1) is 8.66. The van der Waals surface area contributed by atoms with Gasteiger partial charge in [0, 0.05) is 11.8 Å². The van der Waals surface area contributed by atoms with Gasteiger partial charge in [-0.2, -0.15) is 0 Å². The predicted octanol–water partition coefficient (Wildman–Crippen LogP) is 3.59. The van der Waals surface area contributed by atoms with Crippen LogP contribution in [-0.4, -0.2) is 9.38 Å². The molecule has 0 N–H and O–H groups in total. The molecule has 0 atom stereocenters. The maximum absolute atomic E-state index is 13.8. The molecular formula is C14H10F2N2. The number of aryl methyl sites for hydroxylation is 1. The topological polar surface area (TPSA) is 17.3 Å². The molecule has 2 aromatic heterocycles. The number of nitrogens with zero attached hydrogens (tertiary/aromatic N) is 2. The van der Waals surface area contributed by atoms with Crippen LogP contribution in [0, 0.1) is 18.6 Å². The molecule has 0 amide bonds. The monoisotopic (exact) mass is 244 g/mol. The molecule has 18 heavy (non-hydrogen) atoms. The molecule has 0 fully saturated rings. The molecule has 4 heteroatoms. The summed E-state index contributed by atoms with van der Waals surface area (Å²) in [4.78, 5) is 4.30. The number of aromatic nitrogens is 2. The van der Waals surface area contributed by atoms with E-state index in [0.717, 1.165) is 0 Å². The fourth-order valence-corrected chi connectivity index (χ4v) is 2.11. The van der Waals surface area contributed by atoms with E-state index in [0.29, 0.717) is 22.6 Å². The quantitative estimate of drug-likeness (QED) is 0.639. The minimum Gasteiger partial charge on any atom is -0.296 e. The summed E-state index contributed by atoms with van der Waals surface area (Å²) < 4.78 is 28.7. The van der Waals surface area contributed by atoms with Crippen molar-refractivity contribution in [2.75, 3.05) is 0 Å². The van der Waals surface area contributed by atoms with Gasteiger partial charge in [-0.25, -0.2) is 13.8 Å². The van der Waals surface area contributed by atoms with Crippen LogP contribution in [0.5, 0.6) is 0 Å². The number of imidazole rings is 1. The van der Waals surface area contributed by atoms with Crippen molar-refractivity contribution in [1.82, 2.24) is 9.38 Å². The Morgan fingerprint density at radius 3 is 2.61 bits per heavy atom. The van der Waals surface area contributed by atoms with Gasteiger partial charge in [0.2, 0.25) is 0 Å². The molecule has 90 valence electrons. The molecule has 0 aliphatic heterocycles. The Hall–Kier alpha value is -2.23. The highest BCUT2D eigenvalue weighted by molar-refractivity contribution is 5.67. The van der Waals surface area contributed by atoms with E-state index in [1.165, 1.54) is 18.3 Å². The number of pyridine rings is 1. The molecule has 0 aliphatic carbocycles. The summed E-state index contributed by atoms with van der Waals surface area (Å²) in [5.41, 5.74) is 2.29. The lowest BCUT2D eigenvalue weighted by Gasteiger charge is -2.04. The van der Waals surface area contributed by atoms with E-state index in [2.05, 4.69) is 4.98 Å². The van der Waals surface area contributed by atoms with Gasteiger partial charge in [0.25, 0.3) is 0 Å². The number of hydrogen-bond acceptors (Lipinski definition) is 1. The van der Waals surface area contributed by atoms with Gasteiger partial charge in [0.05, 0.1) is 11.4 Å². The lowest BCUT2D eigenvalue weighted by molar-refractivity contribution is 0.618. The third-order valence-corrected chi connectivity index (χ3v) is 2.89. The van der Waals surface area contributed by atoms with Crippen molar-refractivity contribution < 1.29 is 8.78 Å². The first-order valence-electron chi connectivity index (χ1n) is 5.56. The van der Waals surface area contributed by atoms with E-state index in [4.69, 9.17) is 0 Å². The highest BCUT2D eigenvalue weighted by Gasteiger charge is 2.14. The van der Waals surface area contributed by atoms with Gasteiger partial charge in [-0.05, 0) is 31.2 Å². The fourth-order valence-electron chi connectivity index (χ4n) is 2.11. The summed E-state index contributed by atoms with van der Waals surface area (Å²) in [6.07, 6.45) is 1.32. The maximum Gasteiger partial charge on any atom is 0.139 e. The third-order valence-electron chi connectivity index (χ3n) is 2.89. The predicted molar refractivity (Wildman–Crippen MR) is 65.3 cm³/mol. The highest BCUT2D eigenvalue weighted by atomic mass is 19.1. The average molecular weight is 244 g/mol. The standard InChI is InChI=1S/C14H10F2N2/c1-9-14(11-4-2-3-5-12(11)16)18-8-10(15)6-7-13(18)17-9/h2-8H,1H3. The van der Waals surface area contributed by atoms with E-state index < -0.39 is 0 Å². The maximum atomic E-state index is 13.8. The number of rotatable bonds is 1. The molecule has 0 bridgehead atoms. The van der Waals surface area contributed by atoms with Crippen molar-refractivity contribution in [3.05, 3.63) is 59.9 Å². The van der Waals surface area contributed by atoms with Crippen molar-refractivity contribution in [2.24, 2.45) is 0 Å². The molecular weight excluding hydrogens is 234 g/mol. The van der Waals surface area contributed by atoms with Crippen LogP contribution in [0.2, 0.25) is 0 Å². The van der Waals surface area contributed by atoms with Crippen LogP contribution in [-0.2, 0) is 0 Å². The molecule has 1 aromatic carbocycles. The Balaban J connectivity index is 2.38. The van der Waals surface area contributed by atoms with E-state index in [1.54, 1.807) is 35.6 Å². The second-order valence-corrected chi connectivity index (χ2v) is 4.10. The summed E-state index contributed by atoms with van der Waals surface area (Å²) in [6, 6.07) is 9.33. The average Bonchev–Trinajstić information content (AvgIpc) is 2.66. The van der Waals surface area contributed by atoms with Gasteiger partial charge in [0.1, 0.15) is 17.3 Å². The van der Waals surface area contributed by atoms with Gasteiger partial charge in [-0.1, -0.05) is 12.1 Å². The van der Waals surface area contributed by atoms with E-state index >= 15 is 0 Å². The van der Waals surface area contributed by atoms with Crippen LogP contribution >= 0.6 is 0 Å². The molecule has 0 aliphatic rings. The van der Waals surface area contributed by atoms with Crippen molar-refractivity contribution in [3.8, 4) is 11.3 Å². The van der Waals surface area contributed by atoms with Gasteiger partial charge >= 0.3 is 0 Å². The summed E-state index contributed by atoms with van der Waals surface area (Å²) in [6.45, 7) is 1.78. The van der Waals surface area contributed by atoms with Crippen molar-refractivity contribution in [1.29, 1.82) is 0 Å². The molecule has 0 saturated carbocycles. The Labute approximate surface area is 103 Å². The molecule has 0 unspecified atom stereocenters. The molecule has 0 saturated heterocycles. The van der Waals surface area contributed by atoms with Crippen LogP contribution in [0.25, 0.3) is 16.9 Å². The zero-order valence-electron chi connectivity index (χ0n) is 9.69. The van der Waals surface area contributed by atoms with Gasteiger partial charge in [-0.3, -0.25) is 4.40 Å². The third kappa shape index (κ3) is 1.57. The smallest absolute Gasteiger partial charge is 0.139 e. The van der Waals surface area contributed by atoms with Crippen LogP contribution in [0.4, 0.5) is 8.78 Å². The fraction of sp³-hybridized carbons (Fsp3) is 0.0714. The number of benzene rings is 1. The molecule has 3 aromatic rings. The molecule has 0 spiro atoms. The summed E-state index contributed by atoms with van der Waals surface area (Å²) in [5.74, 6) is -0.718. The Morgan fingerprint density at radius 2 is 1.83 bits per heavy atom. The zero-order chi connectivity index (χ0) is 12.7. The second kappa shape index (κ2) is 3.91. The number of hydrogen-bond donors (Lipinski definition) is 0. The summed E-state index contributed by atoms with van der Waals surface area (Å²) >= 11 is 0. The second-order valence-electron chi connectivity index (χ2n) is 4.10. The Morgan fingerprint density at radius 1 is 1.06 bits per heavy atom. The normalized spacial score (nSPS) is 11.1. The van der Waals surface area contributed by atoms with Crippen molar-refractivity contribution >= 4 is 5.65 Å². The first kappa shape index (κ1) is 10.9. The highest BCUT2D eigenvalue weighted by Crippen LogP contribution is 2.27. The van der Waals surface area contributed by atoms with E-state index in [-0.39, 0.29) is 11.6 Å². The van der Waals surface area contributed by atoms with Crippen molar-refractivity contribution in [3.63, 3.8) is 0 Å². The molecule has 2 heterocycles. The van der Waals surface area contributed by atoms with Gasteiger partial charge in [-0.15, -0.1) is 0 Å². The minimum atomic E-state index is -0.377. The van der Waals surface area contributed by atoms with Gasteiger partial charge in [0.15, 0.2) is 0 Å². The molecule has 2 nitrogen and oxygen atoms in total. The van der Waals surface area contributed by atoms with Crippen molar-refractivity contribution in [2.45, 2.75) is 6.92 Å². The van der Waals surface area contributed by atoms with Gasteiger partial charge < -0.3 is 0 Å². The van der Waals surface area contributed by atoms with Crippen LogP contribution in [0.15, 0.2) is 42.6 Å². The largest absolute Gasteiger partial charge is 0.296 e. The Bertz CT molecular complexity index is 732.